The van der Waals surface area contributed by atoms with E-state index in [1.807, 2.05) is 13.0 Å². The van der Waals surface area contributed by atoms with E-state index in [9.17, 15) is 9.90 Å². The number of unbranched alkanes of at least 4 members (excludes halogenated alkanes) is 4. The highest BCUT2D eigenvalue weighted by Gasteiger charge is 2.15. The maximum Gasteiger partial charge on any atom is 0.383 e. The summed E-state index contributed by atoms with van der Waals surface area (Å²) in [7, 11) is 0. The summed E-state index contributed by atoms with van der Waals surface area (Å²) in [4.78, 5) is 12.0. The molecule has 0 amide bonds. The molecule has 0 spiro atoms. The SMILES string of the molecule is C/C=C\Oc1ccc2c(O)c(O/C=C/CCCCCC)c(=O)oc2c1. The molecule has 0 fully saturated rings. The van der Waals surface area contributed by atoms with E-state index in [0.29, 0.717) is 11.1 Å². The van der Waals surface area contributed by atoms with Crippen molar-refractivity contribution >= 4 is 11.0 Å². The average Bonchev–Trinajstić information content (AvgIpc) is 2.61. The predicted octanol–water partition coefficient (Wildman–Crippen LogP) is 5.27. The van der Waals surface area contributed by atoms with E-state index in [4.69, 9.17) is 13.9 Å². The molecule has 0 unspecified atom stereocenters. The van der Waals surface area contributed by atoms with Crippen LogP contribution in [0.5, 0.6) is 17.2 Å². The van der Waals surface area contributed by atoms with Crippen LogP contribution in [0.3, 0.4) is 0 Å². The van der Waals surface area contributed by atoms with Crippen molar-refractivity contribution in [2.75, 3.05) is 0 Å². The number of benzene rings is 1. The fraction of sp³-hybridized carbons (Fsp3) is 0.350. The van der Waals surface area contributed by atoms with Crippen molar-refractivity contribution in [2.45, 2.75) is 46.0 Å². The number of allylic oxidation sites excluding steroid dienone is 2. The lowest BCUT2D eigenvalue weighted by Gasteiger charge is -2.06. The first kappa shape index (κ1) is 18.6. The number of ether oxygens (including phenoxy) is 2. The van der Waals surface area contributed by atoms with E-state index in [-0.39, 0.29) is 17.1 Å². The summed E-state index contributed by atoms with van der Waals surface area (Å²) in [5.74, 6) is 0.0627. The molecule has 0 aliphatic heterocycles. The molecule has 25 heavy (non-hydrogen) atoms. The molecule has 2 rings (SSSR count). The van der Waals surface area contributed by atoms with E-state index < -0.39 is 5.63 Å². The Labute approximate surface area is 147 Å². The average molecular weight is 344 g/mol. The van der Waals surface area contributed by atoms with Crippen LogP contribution in [0, 0.1) is 0 Å². The molecule has 1 heterocycles. The first-order valence-electron chi connectivity index (χ1n) is 8.56. The fourth-order valence-corrected chi connectivity index (χ4v) is 2.34. The molecule has 0 aliphatic carbocycles. The van der Waals surface area contributed by atoms with Crippen molar-refractivity contribution in [3.8, 4) is 17.2 Å². The maximum atomic E-state index is 12.0. The Morgan fingerprint density at radius 1 is 1.16 bits per heavy atom. The molecule has 1 aromatic carbocycles. The van der Waals surface area contributed by atoms with E-state index in [2.05, 4.69) is 6.92 Å². The molecule has 0 saturated heterocycles. The molecule has 5 nitrogen and oxygen atoms in total. The highest BCUT2D eigenvalue weighted by molar-refractivity contribution is 5.86. The van der Waals surface area contributed by atoms with Crippen LogP contribution in [0.1, 0.15) is 46.0 Å². The zero-order chi connectivity index (χ0) is 18.1. The largest absolute Gasteiger partial charge is 0.504 e. The number of hydrogen-bond acceptors (Lipinski definition) is 5. The lowest BCUT2D eigenvalue weighted by atomic mass is 10.1. The van der Waals surface area contributed by atoms with Crippen LogP contribution in [0.4, 0.5) is 0 Å². The first-order chi connectivity index (χ1) is 12.2. The quantitative estimate of drug-likeness (QED) is 0.381. The number of fused-ring (bicyclic) bond motifs is 1. The zero-order valence-corrected chi connectivity index (χ0v) is 14.7. The molecular weight excluding hydrogens is 320 g/mol. The molecule has 0 aliphatic rings. The van der Waals surface area contributed by atoms with Crippen molar-refractivity contribution in [2.24, 2.45) is 0 Å². The molecule has 0 radical (unpaired) electrons. The Balaban J connectivity index is 2.13. The highest BCUT2D eigenvalue weighted by atomic mass is 16.5. The second-order valence-corrected chi connectivity index (χ2v) is 5.65. The summed E-state index contributed by atoms with van der Waals surface area (Å²) < 4.78 is 15.9. The second-order valence-electron chi connectivity index (χ2n) is 5.65. The predicted molar refractivity (Wildman–Crippen MR) is 98.1 cm³/mol. The van der Waals surface area contributed by atoms with Gasteiger partial charge in [-0.25, -0.2) is 4.79 Å². The van der Waals surface area contributed by atoms with Crippen LogP contribution in [0.2, 0.25) is 0 Å². The van der Waals surface area contributed by atoms with E-state index >= 15 is 0 Å². The van der Waals surface area contributed by atoms with Gasteiger partial charge in [0, 0.05) is 6.07 Å². The highest BCUT2D eigenvalue weighted by Crippen LogP contribution is 2.33. The first-order valence-corrected chi connectivity index (χ1v) is 8.56. The Bertz CT molecular complexity index is 802. The van der Waals surface area contributed by atoms with Gasteiger partial charge in [0.05, 0.1) is 17.9 Å². The molecule has 1 N–H and O–H groups in total. The van der Waals surface area contributed by atoms with Gasteiger partial charge >= 0.3 is 5.63 Å². The van der Waals surface area contributed by atoms with Crippen molar-refractivity contribution < 1.29 is 19.0 Å². The summed E-state index contributed by atoms with van der Waals surface area (Å²) in [6, 6.07) is 4.84. The van der Waals surface area contributed by atoms with Gasteiger partial charge in [-0.3, -0.25) is 0 Å². The van der Waals surface area contributed by atoms with Crippen LogP contribution < -0.4 is 15.1 Å². The molecule has 0 atom stereocenters. The molecule has 134 valence electrons. The molecule has 2 aromatic rings. The minimum Gasteiger partial charge on any atom is -0.504 e. The summed E-state index contributed by atoms with van der Waals surface area (Å²) in [6.07, 6.45) is 12.0. The minimum atomic E-state index is -0.733. The van der Waals surface area contributed by atoms with Gasteiger partial charge in [0.25, 0.3) is 5.75 Å². The van der Waals surface area contributed by atoms with E-state index in [1.165, 1.54) is 31.8 Å². The molecule has 1 aromatic heterocycles. The third-order valence-electron chi connectivity index (χ3n) is 3.66. The smallest absolute Gasteiger partial charge is 0.383 e. The fourth-order valence-electron chi connectivity index (χ4n) is 2.34. The summed E-state index contributed by atoms with van der Waals surface area (Å²) >= 11 is 0. The number of rotatable bonds is 9. The van der Waals surface area contributed by atoms with Crippen molar-refractivity contribution in [1.29, 1.82) is 0 Å². The summed E-state index contributed by atoms with van der Waals surface area (Å²) in [5.41, 5.74) is -0.496. The summed E-state index contributed by atoms with van der Waals surface area (Å²) in [5, 5.41) is 10.7. The maximum absolute atomic E-state index is 12.0. The monoisotopic (exact) mass is 344 g/mol. The molecule has 0 bridgehead atoms. The normalized spacial score (nSPS) is 11.6. The number of hydrogen-bond donors (Lipinski definition) is 1. The minimum absolute atomic E-state index is 0.209. The lowest BCUT2D eigenvalue weighted by molar-refractivity contribution is 0.384. The van der Waals surface area contributed by atoms with Crippen LogP contribution in [0.25, 0.3) is 11.0 Å². The van der Waals surface area contributed by atoms with Crippen LogP contribution in [0.15, 0.2) is 52.1 Å². The van der Waals surface area contributed by atoms with Gasteiger partial charge in [-0.05, 0) is 38.0 Å². The van der Waals surface area contributed by atoms with Gasteiger partial charge in [-0.2, -0.15) is 0 Å². The molecule has 0 saturated carbocycles. The van der Waals surface area contributed by atoms with Gasteiger partial charge in [-0.15, -0.1) is 0 Å². The van der Waals surface area contributed by atoms with Crippen molar-refractivity contribution in [1.82, 2.24) is 0 Å². The van der Waals surface area contributed by atoms with Gasteiger partial charge in [-0.1, -0.05) is 32.3 Å². The van der Waals surface area contributed by atoms with Gasteiger partial charge in [0.15, 0.2) is 5.75 Å². The van der Waals surface area contributed by atoms with Gasteiger partial charge in [0.1, 0.15) is 11.3 Å². The zero-order valence-electron chi connectivity index (χ0n) is 14.7. The molecule has 5 heteroatoms. The van der Waals surface area contributed by atoms with Crippen LogP contribution in [-0.4, -0.2) is 5.11 Å². The Hall–Kier alpha value is -2.69. The molecular formula is C20H24O5. The lowest BCUT2D eigenvalue weighted by Crippen LogP contribution is -2.03. The number of aromatic hydroxyl groups is 1. The third-order valence-corrected chi connectivity index (χ3v) is 3.66. The van der Waals surface area contributed by atoms with Crippen LogP contribution in [-0.2, 0) is 0 Å². The van der Waals surface area contributed by atoms with Gasteiger partial charge in [0.2, 0.25) is 0 Å². The van der Waals surface area contributed by atoms with Crippen LogP contribution >= 0.6 is 0 Å². The van der Waals surface area contributed by atoms with Crippen molar-refractivity contribution in [3.63, 3.8) is 0 Å². The van der Waals surface area contributed by atoms with Crippen molar-refractivity contribution in [3.05, 3.63) is 53.3 Å². The Morgan fingerprint density at radius 2 is 2.00 bits per heavy atom. The van der Waals surface area contributed by atoms with Gasteiger partial charge < -0.3 is 19.0 Å². The topological polar surface area (TPSA) is 68.9 Å². The third kappa shape index (κ3) is 5.14. The Kier molecular flexibility index (Phi) is 7.14. The Morgan fingerprint density at radius 3 is 2.76 bits per heavy atom. The van der Waals surface area contributed by atoms with E-state index in [0.717, 1.165) is 12.8 Å². The van der Waals surface area contributed by atoms with E-state index in [1.54, 1.807) is 24.3 Å². The summed E-state index contributed by atoms with van der Waals surface area (Å²) in [6.45, 7) is 3.99. The standard InChI is InChI=1S/C20H24O5/c1-3-5-6-7-8-9-13-24-19-18(21)16-11-10-15(23-12-4-2)14-17(16)25-20(19)22/h4,9-14,21H,3,5-8H2,1-2H3/b12-4-,13-9+. The second kappa shape index (κ2) is 9.57.